The molecule has 1 aromatic heterocycles. The van der Waals surface area contributed by atoms with Gasteiger partial charge in [-0.15, -0.1) is 0 Å². The first-order valence-electron chi connectivity index (χ1n) is 5.92. The minimum atomic E-state index is -0.466. The maximum atomic E-state index is 11.7. The number of nitrogens with one attached hydrogen (secondary N) is 1. The normalized spacial score (nSPS) is 13.4. The van der Waals surface area contributed by atoms with E-state index in [0.717, 1.165) is 13.0 Å². The van der Waals surface area contributed by atoms with Gasteiger partial charge >= 0.3 is 0 Å². The van der Waals surface area contributed by atoms with Crippen LogP contribution in [-0.2, 0) is 11.3 Å². The summed E-state index contributed by atoms with van der Waals surface area (Å²) < 4.78 is 1.84. The average Bonchev–Trinajstić information content (AvgIpc) is 2.74. The summed E-state index contributed by atoms with van der Waals surface area (Å²) in [6.45, 7) is 7.31. The van der Waals surface area contributed by atoms with E-state index in [4.69, 9.17) is 5.73 Å². The van der Waals surface area contributed by atoms with Crippen LogP contribution in [0.3, 0.4) is 0 Å². The van der Waals surface area contributed by atoms with Crippen molar-refractivity contribution in [2.45, 2.75) is 39.8 Å². The van der Waals surface area contributed by atoms with Gasteiger partial charge in [-0.25, -0.2) is 0 Å². The molecule has 1 heterocycles. The topological polar surface area (TPSA) is 72.9 Å². The van der Waals surface area contributed by atoms with E-state index >= 15 is 0 Å². The third-order valence-corrected chi connectivity index (χ3v) is 2.64. The lowest BCUT2D eigenvalue weighted by atomic mass is 9.87. The molecule has 0 aliphatic carbocycles. The quantitative estimate of drug-likeness (QED) is 0.744. The van der Waals surface area contributed by atoms with Crippen LogP contribution < -0.4 is 11.1 Å². The van der Waals surface area contributed by atoms with E-state index in [0.29, 0.717) is 6.54 Å². The standard InChI is InChI=1S/C12H22N4O/c1-12(2,3)10(13)11(17)14-6-4-8-16-9-5-7-15-16/h5,7,9-10H,4,6,8,13H2,1-3H3,(H,14,17)/t10-/m1/s1. The van der Waals surface area contributed by atoms with Gasteiger partial charge in [0.2, 0.25) is 5.91 Å². The SMILES string of the molecule is CC(C)(C)[C@H](N)C(=O)NCCCn1cccn1. The molecule has 0 unspecified atom stereocenters. The third-order valence-electron chi connectivity index (χ3n) is 2.64. The van der Waals surface area contributed by atoms with Crippen molar-refractivity contribution in [3.8, 4) is 0 Å². The fraction of sp³-hybridized carbons (Fsp3) is 0.667. The third kappa shape index (κ3) is 4.56. The maximum Gasteiger partial charge on any atom is 0.237 e. The first kappa shape index (κ1) is 13.7. The Morgan fingerprint density at radius 3 is 2.76 bits per heavy atom. The van der Waals surface area contributed by atoms with Crippen molar-refractivity contribution >= 4 is 5.91 Å². The molecule has 0 bridgehead atoms. The Hall–Kier alpha value is -1.36. The number of amides is 1. The summed E-state index contributed by atoms with van der Waals surface area (Å²) in [4.78, 5) is 11.7. The van der Waals surface area contributed by atoms with Crippen molar-refractivity contribution in [1.29, 1.82) is 0 Å². The lowest BCUT2D eigenvalue weighted by Gasteiger charge is -2.25. The molecule has 0 spiro atoms. The molecule has 0 saturated carbocycles. The number of aromatic nitrogens is 2. The molecule has 0 aliphatic rings. The highest BCUT2D eigenvalue weighted by Crippen LogP contribution is 2.16. The van der Waals surface area contributed by atoms with Crippen LogP contribution >= 0.6 is 0 Å². The second kappa shape index (κ2) is 5.82. The summed E-state index contributed by atoms with van der Waals surface area (Å²) >= 11 is 0. The van der Waals surface area contributed by atoms with Crippen molar-refractivity contribution in [3.05, 3.63) is 18.5 Å². The first-order valence-corrected chi connectivity index (χ1v) is 5.92. The molecule has 96 valence electrons. The molecule has 0 fully saturated rings. The fourth-order valence-electron chi connectivity index (χ4n) is 1.39. The Morgan fingerprint density at radius 2 is 2.24 bits per heavy atom. The number of hydrogen-bond donors (Lipinski definition) is 2. The molecule has 0 radical (unpaired) electrons. The van der Waals surface area contributed by atoms with Gasteiger partial charge in [-0.2, -0.15) is 5.10 Å². The van der Waals surface area contributed by atoms with Crippen LogP contribution in [-0.4, -0.2) is 28.3 Å². The smallest absolute Gasteiger partial charge is 0.237 e. The van der Waals surface area contributed by atoms with Crippen LogP contribution in [0.15, 0.2) is 18.5 Å². The molecule has 5 nitrogen and oxygen atoms in total. The highest BCUT2D eigenvalue weighted by Gasteiger charge is 2.26. The number of nitrogens with zero attached hydrogens (tertiary/aromatic N) is 2. The Labute approximate surface area is 102 Å². The van der Waals surface area contributed by atoms with Crippen molar-refractivity contribution < 1.29 is 4.79 Å². The predicted octanol–water partition coefficient (Wildman–Crippen LogP) is 0.763. The van der Waals surface area contributed by atoms with Crippen molar-refractivity contribution in [3.63, 3.8) is 0 Å². The summed E-state index contributed by atoms with van der Waals surface area (Å²) in [5, 5.41) is 6.93. The number of carbonyl (C=O) groups excluding carboxylic acids is 1. The van der Waals surface area contributed by atoms with Gasteiger partial charge in [0.05, 0.1) is 6.04 Å². The summed E-state index contributed by atoms with van der Waals surface area (Å²) in [6, 6.07) is 1.42. The Kier molecular flexibility index (Phi) is 4.69. The van der Waals surface area contributed by atoms with E-state index in [9.17, 15) is 4.79 Å². The molecule has 1 rings (SSSR count). The molecule has 1 atom stereocenters. The molecule has 5 heteroatoms. The second-order valence-electron chi connectivity index (χ2n) is 5.26. The van der Waals surface area contributed by atoms with Crippen LogP contribution in [0.5, 0.6) is 0 Å². The van der Waals surface area contributed by atoms with Gasteiger partial charge in [-0.3, -0.25) is 9.48 Å². The lowest BCUT2D eigenvalue weighted by Crippen LogP contribution is -2.48. The number of nitrogens with two attached hydrogens (primary N) is 1. The van der Waals surface area contributed by atoms with Crippen molar-refractivity contribution in [1.82, 2.24) is 15.1 Å². The van der Waals surface area contributed by atoms with E-state index in [-0.39, 0.29) is 11.3 Å². The first-order chi connectivity index (χ1) is 7.91. The number of aryl methyl sites for hydroxylation is 1. The molecular weight excluding hydrogens is 216 g/mol. The summed E-state index contributed by atoms with van der Waals surface area (Å²) in [5.41, 5.74) is 5.64. The van der Waals surface area contributed by atoms with E-state index in [1.807, 2.05) is 37.7 Å². The van der Waals surface area contributed by atoms with E-state index in [2.05, 4.69) is 10.4 Å². The summed E-state index contributed by atoms with van der Waals surface area (Å²) in [7, 11) is 0. The van der Waals surface area contributed by atoms with Gasteiger partial charge in [0.1, 0.15) is 0 Å². The largest absolute Gasteiger partial charge is 0.355 e. The van der Waals surface area contributed by atoms with Gasteiger partial charge < -0.3 is 11.1 Å². The predicted molar refractivity (Wildman–Crippen MR) is 67.3 cm³/mol. The van der Waals surface area contributed by atoms with E-state index in [1.54, 1.807) is 6.20 Å². The Balaban J connectivity index is 2.20. The molecular formula is C12H22N4O. The number of hydrogen-bond acceptors (Lipinski definition) is 3. The van der Waals surface area contributed by atoms with Crippen LogP contribution in [0.2, 0.25) is 0 Å². The maximum absolute atomic E-state index is 11.7. The van der Waals surface area contributed by atoms with Gasteiger partial charge in [0, 0.05) is 25.5 Å². The van der Waals surface area contributed by atoms with Gasteiger partial charge in [-0.1, -0.05) is 20.8 Å². The highest BCUT2D eigenvalue weighted by atomic mass is 16.2. The number of carbonyl (C=O) groups is 1. The van der Waals surface area contributed by atoms with Crippen LogP contribution in [0, 0.1) is 5.41 Å². The molecule has 0 aromatic carbocycles. The fourth-order valence-corrected chi connectivity index (χ4v) is 1.39. The van der Waals surface area contributed by atoms with Gasteiger partial charge in [0.25, 0.3) is 0 Å². The molecule has 3 N–H and O–H groups in total. The number of rotatable bonds is 5. The minimum absolute atomic E-state index is 0.0852. The zero-order valence-electron chi connectivity index (χ0n) is 10.8. The molecule has 0 aliphatic heterocycles. The Bertz CT molecular complexity index is 340. The molecule has 1 amide bonds. The zero-order chi connectivity index (χ0) is 12.9. The van der Waals surface area contributed by atoms with Crippen molar-refractivity contribution in [2.24, 2.45) is 11.1 Å². The van der Waals surface area contributed by atoms with Gasteiger partial charge in [0.15, 0.2) is 0 Å². The highest BCUT2D eigenvalue weighted by molar-refractivity contribution is 5.82. The molecule has 0 saturated heterocycles. The van der Waals surface area contributed by atoms with E-state index < -0.39 is 6.04 Å². The average molecular weight is 238 g/mol. The summed E-state index contributed by atoms with van der Waals surface area (Å²) in [6.07, 6.45) is 4.50. The molecule has 17 heavy (non-hydrogen) atoms. The Morgan fingerprint density at radius 1 is 1.53 bits per heavy atom. The molecule has 1 aromatic rings. The lowest BCUT2D eigenvalue weighted by molar-refractivity contribution is -0.124. The monoisotopic (exact) mass is 238 g/mol. The minimum Gasteiger partial charge on any atom is -0.355 e. The summed E-state index contributed by atoms with van der Waals surface area (Å²) in [5.74, 6) is -0.0852. The van der Waals surface area contributed by atoms with E-state index in [1.165, 1.54) is 0 Å². The van der Waals surface area contributed by atoms with Crippen LogP contribution in [0.4, 0.5) is 0 Å². The van der Waals surface area contributed by atoms with Crippen LogP contribution in [0.25, 0.3) is 0 Å². The zero-order valence-corrected chi connectivity index (χ0v) is 10.8. The van der Waals surface area contributed by atoms with Crippen molar-refractivity contribution in [2.75, 3.05) is 6.54 Å². The van der Waals surface area contributed by atoms with Gasteiger partial charge in [-0.05, 0) is 17.9 Å². The second-order valence-corrected chi connectivity index (χ2v) is 5.26. The van der Waals surface area contributed by atoms with Crippen LogP contribution in [0.1, 0.15) is 27.2 Å².